The molecule has 28 heavy (non-hydrogen) atoms. The van der Waals surface area contributed by atoms with Crippen LogP contribution in [0.3, 0.4) is 0 Å². The number of amides is 1. The zero-order valence-corrected chi connectivity index (χ0v) is 17.9. The molecule has 7 heteroatoms. The number of hydrogen-bond donors (Lipinski definition) is 0. The van der Waals surface area contributed by atoms with Crippen molar-refractivity contribution in [2.45, 2.75) is 25.2 Å². The Balaban J connectivity index is 1.82. The summed E-state index contributed by atoms with van der Waals surface area (Å²) in [5.41, 5.74) is 1.38. The zero-order chi connectivity index (χ0) is 19.9. The molecule has 2 aliphatic heterocycles. The van der Waals surface area contributed by atoms with Crippen LogP contribution in [0.15, 0.2) is 64.2 Å². The smallest absolute Gasteiger partial charge is 0.302 e. The Morgan fingerprint density at radius 2 is 1.89 bits per heavy atom. The Morgan fingerprint density at radius 1 is 1.21 bits per heavy atom. The number of hydrazone groups is 1. The van der Waals surface area contributed by atoms with Gasteiger partial charge in [0.1, 0.15) is 11.5 Å². The van der Waals surface area contributed by atoms with Crippen LogP contribution < -0.4 is 5.01 Å². The van der Waals surface area contributed by atoms with E-state index in [-0.39, 0.29) is 17.1 Å². The lowest BCUT2D eigenvalue weighted by Crippen LogP contribution is -2.50. The van der Waals surface area contributed by atoms with E-state index in [1.807, 2.05) is 61.5 Å². The van der Waals surface area contributed by atoms with E-state index < -0.39 is 11.5 Å². The summed E-state index contributed by atoms with van der Waals surface area (Å²) in [6, 6.07) is 17.3. The lowest BCUT2D eigenvalue weighted by Gasteiger charge is -2.33. The largest absolute Gasteiger partial charge is 0.460 e. The van der Waals surface area contributed by atoms with Crippen molar-refractivity contribution in [3.63, 3.8) is 0 Å². The van der Waals surface area contributed by atoms with Crippen molar-refractivity contribution < 1.29 is 14.3 Å². The van der Waals surface area contributed by atoms with Crippen LogP contribution in [0.25, 0.3) is 0 Å². The molecule has 0 unspecified atom stereocenters. The van der Waals surface area contributed by atoms with Gasteiger partial charge < -0.3 is 4.74 Å². The van der Waals surface area contributed by atoms with E-state index in [2.05, 4.69) is 21.0 Å². The predicted molar refractivity (Wildman–Crippen MR) is 114 cm³/mol. The van der Waals surface area contributed by atoms with Crippen molar-refractivity contribution >= 4 is 51.0 Å². The van der Waals surface area contributed by atoms with Crippen molar-refractivity contribution in [1.82, 2.24) is 0 Å². The van der Waals surface area contributed by atoms with Crippen molar-refractivity contribution in [2.24, 2.45) is 10.5 Å². The first-order valence-electron chi connectivity index (χ1n) is 8.94. The van der Waals surface area contributed by atoms with E-state index in [0.29, 0.717) is 17.2 Å². The van der Waals surface area contributed by atoms with Crippen molar-refractivity contribution in [1.29, 1.82) is 0 Å². The fourth-order valence-electron chi connectivity index (χ4n) is 3.96. The molecular weight excluding hydrogens is 440 g/mol. The number of nitrogens with zero attached hydrogens (tertiary/aromatic N) is 2. The minimum Gasteiger partial charge on any atom is -0.460 e. The molecule has 0 saturated carbocycles. The highest BCUT2D eigenvalue weighted by atomic mass is 79.9. The normalized spacial score (nSPS) is 26.6. The first-order chi connectivity index (χ1) is 13.4. The number of rotatable bonds is 3. The second kappa shape index (κ2) is 7.37. The van der Waals surface area contributed by atoms with Gasteiger partial charge in [-0.05, 0) is 36.8 Å². The maximum Gasteiger partial charge on any atom is 0.302 e. The Kier molecular flexibility index (Phi) is 5.05. The molecule has 1 saturated heterocycles. The highest BCUT2D eigenvalue weighted by Gasteiger charge is 2.65. The summed E-state index contributed by atoms with van der Waals surface area (Å²) in [5, 5.41) is 5.88. The molecular formula is C21H19BrN2O3S. The Bertz CT molecular complexity index is 948. The van der Waals surface area contributed by atoms with Gasteiger partial charge in [-0.1, -0.05) is 46.3 Å². The van der Waals surface area contributed by atoms with Crippen molar-refractivity contribution in [2.75, 3.05) is 10.8 Å². The maximum atomic E-state index is 13.8. The van der Waals surface area contributed by atoms with Crippen LogP contribution in [-0.4, -0.2) is 29.4 Å². The van der Waals surface area contributed by atoms with E-state index in [0.717, 1.165) is 10.0 Å². The highest BCUT2D eigenvalue weighted by Crippen LogP contribution is 2.58. The number of carbonyl (C=O) groups excluding carboxylic acids is 2. The van der Waals surface area contributed by atoms with Crippen LogP contribution in [0.5, 0.6) is 0 Å². The molecule has 1 amide bonds. The van der Waals surface area contributed by atoms with Gasteiger partial charge in [-0.25, -0.2) is 0 Å². The van der Waals surface area contributed by atoms with Gasteiger partial charge >= 0.3 is 5.97 Å². The van der Waals surface area contributed by atoms with Crippen LogP contribution in [0.4, 0.5) is 5.69 Å². The van der Waals surface area contributed by atoms with Crippen LogP contribution in [0.2, 0.25) is 0 Å². The summed E-state index contributed by atoms with van der Waals surface area (Å²) >= 11 is 5.09. The summed E-state index contributed by atoms with van der Waals surface area (Å²) in [5.74, 6) is 0.00205. The summed E-state index contributed by atoms with van der Waals surface area (Å²) in [7, 11) is 0. The number of anilines is 1. The average molecular weight is 459 g/mol. The fraction of sp³-hybridized carbons (Fsp3) is 0.286. The molecule has 3 atom stereocenters. The van der Waals surface area contributed by atoms with Gasteiger partial charge in [-0.15, -0.1) is 11.8 Å². The number of para-hydroxylation sites is 1. The Morgan fingerprint density at radius 3 is 2.54 bits per heavy atom. The standard InChI is InChI=1S/C21H19BrN2O3S/c1-13-21(20(26)24(23-13)17-6-4-3-5-7-17)18(27-14(2)25)12-28-19(21)15-8-10-16(22)11-9-15/h3-11,18-19H,12H2,1-2H3/t18-,19-,21+/m1/s1. The number of benzene rings is 2. The molecule has 4 rings (SSSR count). The van der Waals surface area contributed by atoms with Gasteiger partial charge in [0, 0.05) is 17.1 Å². The fourth-order valence-corrected chi connectivity index (χ4v) is 5.96. The minimum absolute atomic E-state index is 0.152. The Labute approximate surface area is 176 Å². The molecule has 0 bridgehead atoms. The number of carbonyl (C=O) groups is 2. The zero-order valence-electron chi connectivity index (χ0n) is 15.5. The van der Waals surface area contributed by atoms with Crippen molar-refractivity contribution in [3.8, 4) is 0 Å². The van der Waals surface area contributed by atoms with Crippen LogP contribution >= 0.6 is 27.7 Å². The lowest BCUT2D eigenvalue weighted by atomic mass is 9.73. The van der Waals surface area contributed by atoms with Crippen LogP contribution in [0, 0.1) is 5.41 Å². The third-order valence-electron chi connectivity index (χ3n) is 5.21. The Hall–Kier alpha value is -2.12. The van der Waals surface area contributed by atoms with E-state index in [9.17, 15) is 9.59 Å². The summed E-state index contributed by atoms with van der Waals surface area (Å²) in [6.45, 7) is 3.24. The van der Waals surface area contributed by atoms with E-state index in [4.69, 9.17) is 4.74 Å². The monoisotopic (exact) mass is 458 g/mol. The first-order valence-corrected chi connectivity index (χ1v) is 10.8. The average Bonchev–Trinajstić information content (AvgIpc) is 3.17. The molecule has 0 aromatic heterocycles. The van der Waals surface area contributed by atoms with E-state index in [1.165, 1.54) is 11.9 Å². The molecule has 0 radical (unpaired) electrons. The summed E-state index contributed by atoms with van der Waals surface area (Å²) in [6.07, 6.45) is -0.561. The molecule has 5 nitrogen and oxygen atoms in total. The first kappa shape index (κ1) is 19.2. The molecule has 1 spiro atoms. The second-order valence-electron chi connectivity index (χ2n) is 6.87. The maximum absolute atomic E-state index is 13.8. The molecule has 144 valence electrons. The molecule has 2 aromatic rings. The second-order valence-corrected chi connectivity index (χ2v) is 8.92. The van der Waals surface area contributed by atoms with Crippen LogP contribution in [0.1, 0.15) is 24.7 Å². The van der Waals surface area contributed by atoms with Gasteiger partial charge in [-0.2, -0.15) is 10.1 Å². The molecule has 1 fully saturated rings. The van der Waals surface area contributed by atoms with Gasteiger partial charge in [0.05, 0.1) is 16.6 Å². The number of ether oxygens (including phenoxy) is 1. The van der Waals surface area contributed by atoms with Gasteiger partial charge in [-0.3, -0.25) is 9.59 Å². The lowest BCUT2D eigenvalue weighted by molar-refractivity contribution is -0.151. The van der Waals surface area contributed by atoms with E-state index >= 15 is 0 Å². The van der Waals surface area contributed by atoms with Crippen molar-refractivity contribution in [3.05, 3.63) is 64.6 Å². The third-order valence-corrected chi connectivity index (χ3v) is 7.21. The topological polar surface area (TPSA) is 59.0 Å². The molecule has 0 aliphatic carbocycles. The predicted octanol–water partition coefficient (Wildman–Crippen LogP) is 4.58. The number of thioether (sulfide) groups is 1. The molecule has 2 aromatic carbocycles. The highest BCUT2D eigenvalue weighted by molar-refractivity contribution is 9.10. The molecule has 2 heterocycles. The third kappa shape index (κ3) is 2.97. The van der Waals surface area contributed by atoms with Gasteiger partial charge in [0.2, 0.25) is 0 Å². The number of hydrogen-bond acceptors (Lipinski definition) is 5. The summed E-state index contributed by atoms with van der Waals surface area (Å²) < 4.78 is 6.62. The van der Waals surface area contributed by atoms with E-state index in [1.54, 1.807) is 11.8 Å². The SMILES string of the molecule is CC(=O)O[C@@H]1CS[C@H](c2ccc(Br)cc2)[C@@]12C(=O)N(c1ccccc1)N=C2C. The number of esters is 1. The van der Waals surface area contributed by atoms with Gasteiger partial charge in [0.15, 0.2) is 0 Å². The summed E-state index contributed by atoms with van der Waals surface area (Å²) in [4.78, 5) is 25.6. The minimum atomic E-state index is -1.01. The molecule has 0 N–H and O–H groups in total. The van der Waals surface area contributed by atoms with Crippen LogP contribution in [-0.2, 0) is 14.3 Å². The molecule has 2 aliphatic rings. The quantitative estimate of drug-likeness (QED) is 0.631. The van der Waals surface area contributed by atoms with Gasteiger partial charge in [0.25, 0.3) is 5.91 Å². The number of halogens is 1.